The Bertz CT molecular complexity index is 520. The number of hydrogen-bond donors (Lipinski definition) is 1. The first kappa shape index (κ1) is 15.5. The number of thiazole rings is 1. The van der Waals surface area contributed by atoms with Crippen molar-refractivity contribution >= 4 is 23.1 Å². The highest BCUT2D eigenvalue weighted by molar-refractivity contribution is 7.99. The van der Waals surface area contributed by atoms with E-state index in [0.717, 1.165) is 23.7 Å². The first-order valence-electron chi connectivity index (χ1n) is 7.17. The van der Waals surface area contributed by atoms with Gasteiger partial charge in [-0.3, -0.25) is 0 Å². The highest BCUT2D eigenvalue weighted by Crippen LogP contribution is 2.30. The second kappa shape index (κ2) is 7.81. The minimum Gasteiger partial charge on any atom is -0.309 e. The molecule has 0 aliphatic heterocycles. The molecule has 1 atom stereocenters. The minimum atomic E-state index is 0.385. The van der Waals surface area contributed by atoms with Gasteiger partial charge in [-0.15, -0.1) is 23.1 Å². The number of benzene rings is 1. The lowest BCUT2D eigenvalue weighted by molar-refractivity contribution is 0.577. The van der Waals surface area contributed by atoms with E-state index in [2.05, 4.69) is 55.3 Å². The Morgan fingerprint density at radius 3 is 2.65 bits per heavy atom. The lowest BCUT2D eigenvalue weighted by atomic mass is 10.2. The molecule has 1 aromatic heterocycles. The largest absolute Gasteiger partial charge is 0.309 e. The van der Waals surface area contributed by atoms with Crippen LogP contribution in [0.1, 0.15) is 38.1 Å². The Kier molecular flexibility index (Phi) is 6.07. The molecule has 0 fully saturated rings. The molecule has 4 heteroatoms. The second-order valence-corrected chi connectivity index (χ2v) is 7.10. The molecular weight excluding hydrogens is 284 g/mol. The standard InChI is InChI=1S/C16H22N2S2/c1-4-10-17-12(3)15-11-18-16(20-15)13-6-8-14(9-7-13)19-5-2/h6-9,11-12,17H,4-5,10H2,1-3H3. The summed E-state index contributed by atoms with van der Waals surface area (Å²) in [6.45, 7) is 7.62. The smallest absolute Gasteiger partial charge is 0.123 e. The van der Waals surface area contributed by atoms with Crippen molar-refractivity contribution in [2.75, 3.05) is 12.3 Å². The van der Waals surface area contributed by atoms with Gasteiger partial charge in [0.05, 0.1) is 0 Å². The summed E-state index contributed by atoms with van der Waals surface area (Å²) < 4.78 is 0. The summed E-state index contributed by atoms with van der Waals surface area (Å²) in [4.78, 5) is 7.19. The van der Waals surface area contributed by atoms with E-state index in [1.54, 1.807) is 11.3 Å². The average Bonchev–Trinajstić information content (AvgIpc) is 2.96. The normalized spacial score (nSPS) is 12.6. The first-order valence-corrected chi connectivity index (χ1v) is 8.97. The predicted octanol–water partition coefficient (Wildman–Crippen LogP) is 4.98. The number of rotatable bonds is 7. The highest BCUT2D eigenvalue weighted by atomic mass is 32.2. The molecule has 1 N–H and O–H groups in total. The molecular formula is C16H22N2S2. The molecule has 20 heavy (non-hydrogen) atoms. The predicted molar refractivity (Wildman–Crippen MR) is 90.7 cm³/mol. The molecule has 0 radical (unpaired) electrons. The van der Waals surface area contributed by atoms with Gasteiger partial charge in [0.25, 0.3) is 0 Å². The third-order valence-corrected chi connectivity index (χ3v) is 5.19. The van der Waals surface area contributed by atoms with Crippen LogP contribution in [0.15, 0.2) is 35.4 Å². The summed E-state index contributed by atoms with van der Waals surface area (Å²) >= 11 is 3.65. The summed E-state index contributed by atoms with van der Waals surface area (Å²) in [5.41, 5.74) is 1.21. The molecule has 0 saturated carbocycles. The van der Waals surface area contributed by atoms with Crippen LogP contribution < -0.4 is 5.32 Å². The van der Waals surface area contributed by atoms with Crippen LogP contribution in [-0.2, 0) is 0 Å². The van der Waals surface area contributed by atoms with Gasteiger partial charge in [-0.05, 0) is 37.8 Å². The number of nitrogens with one attached hydrogen (secondary N) is 1. The van der Waals surface area contributed by atoms with Crippen molar-refractivity contribution < 1.29 is 0 Å². The average molecular weight is 306 g/mol. The maximum Gasteiger partial charge on any atom is 0.123 e. The Morgan fingerprint density at radius 2 is 2.00 bits per heavy atom. The van der Waals surface area contributed by atoms with Gasteiger partial charge in [-0.1, -0.05) is 26.0 Å². The van der Waals surface area contributed by atoms with E-state index in [1.807, 2.05) is 18.0 Å². The molecule has 0 spiro atoms. The number of nitrogens with zero attached hydrogens (tertiary/aromatic N) is 1. The maximum absolute atomic E-state index is 4.56. The molecule has 1 unspecified atom stereocenters. The third kappa shape index (κ3) is 4.08. The van der Waals surface area contributed by atoms with Crippen LogP contribution in [0.5, 0.6) is 0 Å². The molecule has 0 aliphatic carbocycles. The topological polar surface area (TPSA) is 24.9 Å². The Hall–Kier alpha value is -0.840. The van der Waals surface area contributed by atoms with Gasteiger partial charge in [0, 0.05) is 27.6 Å². The Labute approximate surface area is 130 Å². The van der Waals surface area contributed by atoms with Crippen molar-refractivity contribution in [1.82, 2.24) is 10.3 Å². The molecule has 2 rings (SSSR count). The lowest BCUT2D eigenvalue weighted by Gasteiger charge is -2.09. The van der Waals surface area contributed by atoms with Crippen molar-refractivity contribution in [2.45, 2.75) is 38.1 Å². The van der Waals surface area contributed by atoms with Gasteiger partial charge in [-0.25, -0.2) is 4.98 Å². The van der Waals surface area contributed by atoms with Crippen molar-refractivity contribution in [3.8, 4) is 10.6 Å². The Balaban J connectivity index is 2.07. The summed E-state index contributed by atoms with van der Waals surface area (Å²) in [6, 6.07) is 9.10. The van der Waals surface area contributed by atoms with E-state index < -0.39 is 0 Å². The third-order valence-electron chi connectivity index (χ3n) is 3.06. The second-order valence-electron chi connectivity index (χ2n) is 4.70. The van der Waals surface area contributed by atoms with Crippen LogP contribution in [-0.4, -0.2) is 17.3 Å². The van der Waals surface area contributed by atoms with Crippen LogP contribution in [0, 0.1) is 0 Å². The minimum absolute atomic E-state index is 0.385. The van der Waals surface area contributed by atoms with Crippen LogP contribution in [0.4, 0.5) is 0 Å². The van der Waals surface area contributed by atoms with E-state index in [1.165, 1.54) is 15.3 Å². The fraction of sp³-hybridized carbons (Fsp3) is 0.438. The van der Waals surface area contributed by atoms with Gasteiger partial charge >= 0.3 is 0 Å². The van der Waals surface area contributed by atoms with Crippen LogP contribution in [0.2, 0.25) is 0 Å². The van der Waals surface area contributed by atoms with Crippen LogP contribution in [0.3, 0.4) is 0 Å². The zero-order valence-electron chi connectivity index (χ0n) is 12.3. The SMILES string of the molecule is CCCNC(C)c1cnc(-c2ccc(SCC)cc2)s1. The molecule has 0 amide bonds. The first-order chi connectivity index (χ1) is 9.74. The Morgan fingerprint density at radius 1 is 1.25 bits per heavy atom. The molecule has 0 saturated heterocycles. The number of hydrogen-bond acceptors (Lipinski definition) is 4. The van der Waals surface area contributed by atoms with Crippen molar-refractivity contribution in [3.05, 3.63) is 35.3 Å². The fourth-order valence-corrected chi connectivity index (χ4v) is 3.55. The zero-order chi connectivity index (χ0) is 14.4. The maximum atomic E-state index is 4.56. The van der Waals surface area contributed by atoms with Gasteiger partial charge in [0.2, 0.25) is 0 Å². The summed E-state index contributed by atoms with van der Waals surface area (Å²) in [6.07, 6.45) is 3.16. The van der Waals surface area contributed by atoms with Crippen molar-refractivity contribution in [1.29, 1.82) is 0 Å². The summed E-state index contributed by atoms with van der Waals surface area (Å²) in [7, 11) is 0. The molecule has 108 valence electrons. The zero-order valence-corrected chi connectivity index (χ0v) is 14.0. The molecule has 1 aromatic carbocycles. The van der Waals surface area contributed by atoms with E-state index in [-0.39, 0.29) is 0 Å². The van der Waals surface area contributed by atoms with Gasteiger partial charge in [0.1, 0.15) is 5.01 Å². The van der Waals surface area contributed by atoms with E-state index in [0.29, 0.717) is 6.04 Å². The molecule has 0 aliphatic rings. The van der Waals surface area contributed by atoms with Gasteiger partial charge in [0.15, 0.2) is 0 Å². The number of thioether (sulfide) groups is 1. The highest BCUT2D eigenvalue weighted by Gasteiger charge is 2.10. The monoisotopic (exact) mass is 306 g/mol. The quantitative estimate of drug-likeness (QED) is 0.730. The molecule has 1 heterocycles. The number of aromatic nitrogens is 1. The fourth-order valence-electron chi connectivity index (χ4n) is 1.94. The van der Waals surface area contributed by atoms with E-state index in [4.69, 9.17) is 0 Å². The van der Waals surface area contributed by atoms with E-state index >= 15 is 0 Å². The van der Waals surface area contributed by atoms with Crippen LogP contribution >= 0.6 is 23.1 Å². The van der Waals surface area contributed by atoms with E-state index in [9.17, 15) is 0 Å². The molecule has 0 bridgehead atoms. The molecule has 2 aromatic rings. The van der Waals surface area contributed by atoms with Gasteiger partial charge < -0.3 is 5.32 Å². The lowest BCUT2D eigenvalue weighted by Crippen LogP contribution is -2.18. The van der Waals surface area contributed by atoms with Crippen molar-refractivity contribution in [2.24, 2.45) is 0 Å². The summed E-state index contributed by atoms with van der Waals surface area (Å²) in [5.74, 6) is 1.11. The van der Waals surface area contributed by atoms with Crippen molar-refractivity contribution in [3.63, 3.8) is 0 Å². The summed E-state index contributed by atoms with van der Waals surface area (Å²) in [5, 5.41) is 4.62. The van der Waals surface area contributed by atoms with Gasteiger partial charge in [-0.2, -0.15) is 0 Å². The van der Waals surface area contributed by atoms with Crippen LogP contribution in [0.25, 0.3) is 10.6 Å². The molecule has 2 nitrogen and oxygen atoms in total.